The summed E-state index contributed by atoms with van der Waals surface area (Å²) in [6.07, 6.45) is 6.14. The van der Waals surface area contributed by atoms with Crippen molar-refractivity contribution in [2.45, 2.75) is 64.6 Å². The highest BCUT2D eigenvalue weighted by atomic mass is 35.5. The Morgan fingerprint density at radius 2 is 1.69 bits per heavy atom. The molecule has 3 rings (SSSR count). The average Bonchev–Trinajstić information content (AvgIpc) is 2.82. The maximum Gasteiger partial charge on any atom is 0.244 e. The zero-order valence-electron chi connectivity index (χ0n) is 20.8. The van der Waals surface area contributed by atoms with Crippen molar-refractivity contribution in [2.24, 2.45) is 0 Å². The zero-order valence-corrected chi connectivity index (χ0v) is 23.2. The molecule has 0 radical (unpaired) electrons. The van der Waals surface area contributed by atoms with Crippen molar-refractivity contribution in [1.82, 2.24) is 10.2 Å². The van der Waals surface area contributed by atoms with Gasteiger partial charge < -0.3 is 10.2 Å². The number of halogens is 2. The smallest absolute Gasteiger partial charge is 0.244 e. The lowest BCUT2D eigenvalue weighted by atomic mass is 9.95. The minimum atomic E-state index is -3.77. The van der Waals surface area contributed by atoms with Crippen LogP contribution in [0.3, 0.4) is 0 Å². The molecule has 0 aliphatic heterocycles. The van der Waals surface area contributed by atoms with E-state index >= 15 is 0 Å². The molecule has 1 saturated carbocycles. The third kappa shape index (κ3) is 7.60. The molecule has 196 valence electrons. The fraction of sp³-hybridized carbons (Fsp3) is 0.462. The summed E-state index contributed by atoms with van der Waals surface area (Å²) in [5, 5.41) is 3.88. The van der Waals surface area contributed by atoms with E-state index < -0.39 is 28.5 Å². The van der Waals surface area contributed by atoms with Crippen LogP contribution >= 0.6 is 23.2 Å². The molecule has 36 heavy (non-hydrogen) atoms. The number of carbonyl (C=O) groups is 2. The Balaban J connectivity index is 1.89. The van der Waals surface area contributed by atoms with Crippen LogP contribution in [0.5, 0.6) is 0 Å². The number of hydrogen-bond donors (Lipinski definition) is 1. The first-order valence-electron chi connectivity index (χ1n) is 12.0. The van der Waals surface area contributed by atoms with Gasteiger partial charge in [-0.05, 0) is 56.5 Å². The second kappa shape index (κ2) is 12.3. The minimum absolute atomic E-state index is 0.0274. The van der Waals surface area contributed by atoms with E-state index in [2.05, 4.69) is 5.32 Å². The van der Waals surface area contributed by atoms with Gasteiger partial charge in [-0.2, -0.15) is 0 Å². The summed E-state index contributed by atoms with van der Waals surface area (Å²) in [7, 11) is -3.77. The normalized spacial score (nSPS) is 15.2. The molecule has 2 aromatic carbocycles. The number of hydrogen-bond acceptors (Lipinski definition) is 4. The van der Waals surface area contributed by atoms with Gasteiger partial charge in [-0.15, -0.1) is 0 Å². The van der Waals surface area contributed by atoms with Gasteiger partial charge in [0, 0.05) is 22.6 Å². The average molecular weight is 555 g/mol. The third-order valence-corrected chi connectivity index (χ3v) is 8.20. The van der Waals surface area contributed by atoms with Gasteiger partial charge in [0.15, 0.2) is 0 Å². The Labute approximate surface area is 223 Å². The molecular formula is C26H33Cl2N3O4S. The van der Waals surface area contributed by atoms with E-state index in [1.165, 1.54) is 4.90 Å². The molecule has 1 N–H and O–H groups in total. The third-order valence-electron chi connectivity index (χ3n) is 6.48. The van der Waals surface area contributed by atoms with Crippen LogP contribution in [-0.4, -0.2) is 50.0 Å². The highest BCUT2D eigenvalue weighted by molar-refractivity contribution is 7.92. The molecular weight excluding hydrogens is 521 g/mol. The van der Waals surface area contributed by atoms with Crippen molar-refractivity contribution in [3.05, 3.63) is 63.6 Å². The van der Waals surface area contributed by atoms with Crippen molar-refractivity contribution in [3.8, 4) is 0 Å². The molecule has 10 heteroatoms. The molecule has 0 bridgehead atoms. The number of anilines is 1. The second-order valence-electron chi connectivity index (χ2n) is 9.38. The van der Waals surface area contributed by atoms with Crippen LogP contribution in [0.4, 0.5) is 5.69 Å². The van der Waals surface area contributed by atoms with E-state index in [1.54, 1.807) is 49.4 Å². The lowest BCUT2D eigenvalue weighted by Gasteiger charge is -2.33. The highest BCUT2D eigenvalue weighted by Gasteiger charge is 2.31. The van der Waals surface area contributed by atoms with Crippen molar-refractivity contribution < 1.29 is 18.0 Å². The summed E-state index contributed by atoms with van der Waals surface area (Å²) in [5.74, 6) is -0.792. The molecule has 1 fully saturated rings. The summed E-state index contributed by atoms with van der Waals surface area (Å²) in [5.41, 5.74) is 1.94. The quantitative estimate of drug-likeness (QED) is 0.476. The Hall–Kier alpha value is -2.29. The van der Waals surface area contributed by atoms with Crippen LogP contribution in [0.2, 0.25) is 10.0 Å². The molecule has 2 amide bonds. The van der Waals surface area contributed by atoms with Crippen LogP contribution < -0.4 is 9.62 Å². The van der Waals surface area contributed by atoms with Gasteiger partial charge in [0.25, 0.3) is 0 Å². The van der Waals surface area contributed by atoms with Crippen LogP contribution in [0.15, 0.2) is 42.5 Å². The van der Waals surface area contributed by atoms with E-state index in [1.807, 2.05) is 6.92 Å². The van der Waals surface area contributed by atoms with Gasteiger partial charge in [0.05, 0.1) is 11.9 Å². The summed E-state index contributed by atoms with van der Waals surface area (Å²) in [4.78, 5) is 28.2. The Bertz CT molecular complexity index is 1180. The first-order chi connectivity index (χ1) is 17.0. The van der Waals surface area contributed by atoms with E-state index in [-0.39, 0.29) is 18.5 Å². The number of carbonyl (C=O) groups excluding carboxylic acids is 2. The number of nitrogens with zero attached hydrogens (tertiary/aromatic N) is 2. The van der Waals surface area contributed by atoms with Crippen molar-refractivity contribution >= 4 is 50.7 Å². The molecule has 0 heterocycles. The SMILES string of the molecule is Cc1ccc(N(CC(=O)N(Cc2ccc(Cl)cc2Cl)[C@H](C)C(=O)NC2CCCCC2)S(C)(=O)=O)cc1. The van der Waals surface area contributed by atoms with Crippen molar-refractivity contribution in [2.75, 3.05) is 17.1 Å². The Morgan fingerprint density at radius 1 is 1.06 bits per heavy atom. The second-order valence-corrected chi connectivity index (χ2v) is 12.1. The highest BCUT2D eigenvalue weighted by Crippen LogP contribution is 2.25. The standard InChI is InChI=1S/C26H33Cl2N3O4S/c1-18-9-13-23(14-10-18)31(36(3,34)35)17-25(32)30(16-20-11-12-21(27)15-24(20)28)19(2)26(33)29-22-7-5-4-6-8-22/h9-15,19,22H,4-8,16-17H2,1-3H3,(H,29,33)/t19-/m1/s1. The number of rotatable bonds is 9. The van der Waals surface area contributed by atoms with Crippen LogP contribution in [0.1, 0.15) is 50.2 Å². The van der Waals surface area contributed by atoms with Crippen molar-refractivity contribution in [1.29, 1.82) is 0 Å². The molecule has 0 unspecified atom stereocenters. The van der Waals surface area contributed by atoms with Gasteiger partial charge in [0.2, 0.25) is 21.8 Å². The predicted octanol–water partition coefficient (Wildman–Crippen LogP) is 4.93. The Morgan fingerprint density at radius 3 is 2.28 bits per heavy atom. The van der Waals surface area contributed by atoms with Gasteiger partial charge >= 0.3 is 0 Å². The number of sulfonamides is 1. The lowest BCUT2D eigenvalue weighted by molar-refractivity contribution is -0.139. The zero-order chi connectivity index (χ0) is 26.5. The summed E-state index contributed by atoms with van der Waals surface area (Å²) >= 11 is 12.4. The van der Waals surface area contributed by atoms with E-state index in [0.717, 1.165) is 48.2 Å². The van der Waals surface area contributed by atoms with Crippen LogP contribution in [0.25, 0.3) is 0 Å². The molecule has 1 aliphatic carbocycles. The maximum absolute atomic E-state index is 13.6. The predicted molar refractivity (Wildman–Crippen MR) is 145 cm³/mol. The number of amides is 2. The van der Waals surface area contributed by atoms with Crippen LogP contribution in [0, 0.1) is 6.92 Å². The van der Waals surface area contributed by atoms with E-state index in [9.17, 15) is 18.0 Å². The van der Waals surface area contributed by atoms with Gasteiger partial charge in [-0.3, -0.25) is 13.9 Å². The number of nitrogens with one attached hydrogen (secondary N) is 1. The van der Waals surface area contributed by atoms with Gasteiger partial charge in [-0.1, -0.05) is 66.2 Å². The molecule has 7 nitrogen and oxygen atoms in total. The van der Waals surface area contributed by atoms with E-state index in [4.69, 9.17) is 23.2 Å². The topological polar surface area (TPSA) is 86.8 Å². The first kappa shape index (κ1) is 28.3. The van der Waals surface area contributed by atoms with Crippen molar-refractivity contribution in [3.63, 3.8) is 0 Å². The maximum atomic E-state index is 13.6. The molecule has 2 aromatic rings. The summed E-state index contributed by atoms with van der Waals surface area (Å²) in [6.45, 7) is 3.12. The van der Waals surface area contributed by atoms with Gasteiger partial charge in [-0.25, -0.2) is 8.42 Å². The molecule has 0 saturated heterocycles. The lowest BCUT2D eigenvalue weighted by Crippen LogP contribution is -2.53. The largest absolute Gasteiger partial charge is 0.352 e. The molecule has 0 aromatic heterocycles. The van der Waals surface area contributed by atoms with Gasteiger partial charge in [0.1, 0.15) is 12.6 Å². The molecule has 0 spiro atoms. The Kier molecular flexibility index (Phi) is 9.66. The first-order valence-corrected chi connectivity index (χ1v) is 14.6. The summed E-state index contributed by atoms with van der Waals surface area (Å²) < 4.78 is 26.3. The fourth-order valence-corrected chi connectivity index (χ4v) is 5.63. The molecule has 1 atom stereocenters. The minimum Gasteiger partial charge on any atom is -0.352 e. The summed E-state index contributed by atoms with van der Waals surface area (Å²) in [6, 6.07) is 11.0. The van der Waals surface area contributed by atoms with E-state index in [0.29, 0.717) is 21.3 Å². The number of benzene rings is 2. The fourth-order valence-electron chi connectivity index (χ4n) is 4.31. The van der Waals surface area contributed by atoms with Crippen LogP contribution in [-0.2, 0) is 26.2 Å². The number of aryl methyl sites for hydroxylation is 1. The molecule has 1 aliphatic rings. The monoisotopic (exact) mass is 553 g/mol.